The van der Waals surface area contributed by atoms with Crippen LogP contribution in [0.15, 0.2) is 47.4 Å². The quantitative estimate of drug-likeness (QED) is 0.654. The molecule has 0 aliphatic rings. The highest BCUT2D eigenvalue weighted by molar-refractivity contribution is 8.00. The highest BCUT2D eigenvalue weighted by atomic mass is 35.5. The number of hydrogen-bond donors (Lipinski definition) is 2. The van der Waals surface area contributed by atoms with Crippen molar-refractivity contribution in [3.8, 4) is 0 Å². The number of rotatable bonds is 5. The van der Waals surface area contributed by atoms with Gasteiger partial charge in [0.25, 0.3) is 0 Å². The van der Waals surface area contributed by atoms with Crippen LogP contribution < -0.4 is 11.1 Å². The van der Waals surface area contributed by atoms with E-state index in [-0.39, 0.29) is 17.5 Å². The van der Waals surface area contributed by atoms with Gasteiger partial charge in [-0.3, -0.25) is 4.79 Å². The zero-order chi connectivity index (χ0) is 15.2. The molecule has 3 nitrogen and oxygen atoms in total. The molecular weight excluding hydrogens is 311 g/mol. The van der Waals surface area contributed by atoms with Crippen molar-refractivity contribution in [3.05, 3.63) is 58.9 Å². The first kappa shape index (κ1) is 15.7. The number of halogens is 2. The average Bonchev–Trinajstić information content (AvgIpc) is 2.46. The van der Waals surface area contributed by atoms with Crippen LogP contribution in [0.3, 0.4) is 0 Å². The lowest BCUT2D eigenvalue weighted by Gasteiger charge is -2.08. The molecule has 0 bridgehead atoms. The van der Waals surface area contributed by atoms with Gasteiger partial charge >= 0.3 is 0 Å². The van der Waals surface area contributed by atoms with Gasteiger partial charge in [-0.1, -0.05) is 29.8 Å². The van der Waals surface area contributed by atoms with E-state index < -0.39 is 0 Å². The van der Waals surface area contributed by atoms with Gasteiger partial charge < -0.3 is 11.1 Å². The molecule has 2 aromatic carbocycles. The Morgan fingerprint density at radius 3 is 2.62 bits per heavy atom. The number of nitrogen functional groups attached to an aromatic ring is 1. The molecule has 0 unspecified atom stereocenters. The molecule has 0 aromatic heterocycles. The van der Waals surface area contributed by atoms with Gasteiger partial charge in [0.05, 0.1) is 10.8 Å². The van der Waals surface area contributed by atoms with E-state index in [1.807, 2.05) is 0 Å². The number of carbonyl (C=O) groups excluding carboxylic acids is 1. The van der Waals surface area contributed by atoms with Crippen molar-refractivity contribution in [2.45, 2.75) is 11.4 Å². The summed E-state index contributed by atoms with van der Waals surface area (Å²) < 4.78 is 12.8. The van der Waals surface area contributed by atoms with Gasteiger partial charge in [-0.2, -0.15) is 0 Å². The van der Waals surface area contributed by atoms with E-state index in [9.17, 15) is 9.18 Å². The fraction of sp³-hybridized carbons (Fsp3) is 0.133. The zero-order valence-corrected chi connectivity index (χ0v) is 12.7. The first-order chi connectivity index (χ1) is 10.1. The number of carbonyl (C=O) groups is 1. The lowest BCUT2D eigenvalue weighted by molar-refractivity contribution is -0.118. The molecule has 0 aliphatic heterocycles. The van der Waals surface area contributed by atoms with E-state index in [0.717, 1.165) is 5.56 Å². The van der Waals surface area contributed by atoms with Crippen molar-refractivity contribution < 1.29 is 9.18 Å². The number of benzene rings is 2. The van der Waals surface area contributed by atoms with Crippen molar-refractivity contribution in [2.24, 2.45) is 0 Å². The number of nitrogens with two attached hydrogens (primary N) is 1. The van der Waals surface area contributed by atoms with Crippen molar-refractivity contribution >= 4 is 35.0 Å². The van der Waals surface area contributed by atoms with E-state index in [1.165, 1.54) is 23.9 Å². The second kappa shape index (κ2) is 7.33. The third kappa shape index (κ3) is 4.65. The standard InChI is InChI=1S/C15H14ClFN2OS/c16-12-2-1-3-13(18)15(12)21-9-14(20)19-8-10-4-6-11(17)7-5-10/h1-7H,8-9,18H2,(H,19,20). The van der Waals surface area contributed by atoms with Gasteiger partial charge in [-0.05, 0) is 29.8 Å². The Morgan fingerprint density at radius 1 is 1.24 bits per heavy atom. The second-order valence-electron chi connectivity index (χ2n) is 4.35. The van der Waals surface area contributed by atoms with Gasteiger partial charge in [-0.25, -0.2) is 4.39 Å². The largest absolute Gasteiger partial charge is 0.398 e. The summed E-state index contributed by atoms with van der Waals surface area (Å²) in [5, 5.41) is 3.30. The summed E-state index contributed by atoms with van der Waals surface area (Å²) in [5.41, 5.74) is 7.21. The van der Waals surface area contributed by atoms with Crippen molar-refractivity contribution in [3.63, 3.8) is 0 Å². The van der Waals surface area contributed by atoms with Crippen LogP contribution in [-0.2, 0) is 11.3 Å². The SMILES string of the molecule is Nc1cccc(Cl)c1SCC(=O)NCc1ccc(F)cc1. The highest BCUT2D eigenvalue weighted by Gasteiger charge is 2.08. The molecule has 0 heterocycles. The molecule has 0 saturated heterocycles. The maximum Gasteiger partial charge on any atom is 0.230 e. The third-order valence-corrected chi connectivity index (χ3v) is 4.33. The number of anilines is 1. The zero-order valence-electron chi connectivity index (χ0n) is 11.1. The third-order valence-electron chi connectivity index (χ3n) is 2.75. The Bertz CT molecular complexity index is 614. The van der Waals surface area contributed by atoms with Crippen LogP contribution in [0.4, 0.5) is 10.1 Å². The van der Waals surface area contributed by atoms with Crippen LogP contribution in [0.25, 0.3) is 0 Å². The summed E-state index contributed by atoms with van der Waals surface area (Å²) in [5.74, 6) is -0.215. The lowest BCUT2D eigenvalue weighted by atomic mass is 10.2. The molecule has 0 atom stereocenters. The minimum Gasteiger partial charge on any atom is -0.398 e. The van der Waals surface area contributed by atoms with Crippen molar-refractivity contribution in [1.29, 1.82) is 0 Å². The van der Waals surface area contributed by atoms with Gasteiger partial charge in [0.1, 0.15) is 5.82 Å². The number of hydrogen-bond acceptors (Lipinski definition) is 3. The Kier molecular flexibility index (Phi) is 5.47. The molecular formula is C15H14ClFN2OS. The van der Waals surface area contributed by atoms with E-state index in [0.29, 0.717) is 22.2 Å². The Labute approximate surface area is 131 Å². The summed E-state index contributed by atoms with van der Waals surface area (Å²) in [7, 11) is 0. The minimum absolute atomic E-state index is 0.136. The fourth-order valence-electron chi connectivity index (χ4n) is 1.67. The Hall–Kier alpha value is -1.72. The molecule has 2 aromatic rings. The summed E-state index contributed by atoms with van der Waals surface area (Å²) in [6.45, 7) is 0.359. The molecule has 21 heavy (non-hydrogen) atoms. The second-order valence-corrected chi connectivity index (χ2v) is 5.74. The topological polar surface area (TPSA) is 55.1 Å². The first-order valence-corrected chi connectivity index (χ1v) is 7.60. The van der Waals surface area contributed by atoms with E-state index in [2.05, 4.69) is 5.32 Å². The summed E-state index contributed by atoms with van der Waals surface area (Å²) >= 11 is 7.32. The lowest BCUT2D eigenvalue weighted by Crippen LogP contribution is -2.24. The summed E-state index contributed by atoms with van der Waals surface area (Å²) in [6, 6.07) is 11.2. The van der Waals surface area contributed by atoms with Gasteiger partial charge in [0.15, 0.2) is 0 Å². The van der Waals surface area contributed by atoms with Gasteiger partial charge in [0.2, 0.25) is 5.91 Å². The first-order valence-electron chi connectivity index (χ1n) is 6.24. The minimum atomic E-state index is -0.296. The molecule has 0 fully saturated rings. The van der Waals surface area contributed by atoms with Gasteiger partial charge in [-0.15, -0.1) is 11.8 Å². The maximum atomic E-state index is 12.8. The van der Waals surface area contributed by atoms with Crippen LogP contribution in [0.5, 0.6) is 0 Å². The van der Waals surface area contributed by atoms with Crippen molar-refractivity contribution in [1.82, 2.24) is 5.32 Å². The van der Waals surface area contributed by atoms with E-state index in [1.54, 1.807) is 30.3 Å². The Balaban J connectivity index is 1.84. The predicted molar refractivity (Wildman–Crippen MR) is 84.8 cm³/mol. The average molecular weight is 325 g/mol. The van der Waals surface area contributed by atoms with Crippen molar-refractivity contribution in [2.75, 3.05) is 11.5 Å². The monoisotopic (exact) mass is 324 g/mol. The number of amides is 1. The normalized spacial score (nSPS) is 10.4. The molecule has 0 aliphatic carbocycles. The highest BCUT2D eigenvalue weighted by Crippen LogP contribution is 2.32. The molecule has 3 N–H and O–H groups in total. The fourth-order valence-corrected chi connectivity index (χ4v) is 2.83. The smallest absolute Gasteiger partial charge is 0.230 e. The number of thioether (sulfide) groups is 1. The van der Waals surface area contributed by atoms with Crippen LogP contribution >= 0.6 is 23.4 Å². The van der Waals surface area contributed by atoms with Crippen LogP contribution in [0, 0.1) is 5.82 Å². The summed E-state index contributed by atoms with van der Waals surface area (Å²) in [4.78, 5) is 12.5. The molecule has 2 rings (SSSR count). The van der Waals surface area contributed by atoms with Crippen LogP contribution in [-0.4, -0.2) is 11.7 Å². The van der Waals surface area contributed by atoms with Crippen LogP contribution in [0.1, 0.15) is 5.56 Å². The molecule has 0 spiro atoms. The van der Waals surface area contributed by atoms with Crippen LogP contribution in [0.2, 0.25) is 5.02 Å². The molecule has 110 valence electrons. The molecule has 1 amide bonds. The van der Waals surface area contributed by atoms with E-state index >= 15 is 0 Å². The molecule has 0 radical (unpaired) electrons. The Morgan fingerprint density at radius 2 is 1.95 bits per heavy atom. The predicted octanol–water partition coefficient (Wildman–Crippen LogP) is 3.47. The number of nitrogens with one attached hydrogen (secondary N) is 1. The molecule has 0 saturated carbocycles. The maximum absolute atomic E-state index is 12.8. The summed E-state index contributed by atoms with van der Waals surface area (Å²) in [6.07, 6.45) is 0. The van der Waals surface area contributed by atoms with E-state index in [4.69, 9.17) is 17.3 Å². The van der Waals surface area contributed by atoms with Gasteiger partial charge in [0, 0.05) is 17.1 Å². The molecule has 6 heteroatoms.